The molecule has 4 amide bonds. The SMILES string of the molecule is COc1ccc(CN(C)C[C@]2(O)CCCN(C(=O)CN3CC(=O)NC3=O)CC2)cc1. The molecule has 9 heteroatoms. The molecule has 3 rings (SSSR count). The van der Waals surface area contributed by atoms with Gasteiger partial charge in [-0.2, -0.15) is 0 Å². The fourth-order valence-corrected chi connectivity index (χ4v) is 4.06. The fourth-order valence-electron chi connectivity index (χ4n) is 4.06. The Kier molecular flexibility index (Phi) is 6.94. The number of likely N-dealkylation sites (N-methyl/N-ethyl adjacent to an activating group) is 1. The maximum atomic E-state index is 12.6. The first-order valence-corrected chi connectivity index (χ1v) is 10.2. The van der Waals surface area contributed by atoms with Crippen molar-refractivity contribution in [1.29, 1.82) is 0 Å². The number of hydrogen-bond acceptors (Lipinski definition) is 6. The highest BCUT2D eigenvalue weighted by molar-refractivity contribution is 6.03. The van der Waals surface area contributed by atoms with Crippen LogP contribution in [0.15, 0.2) is 24.3 Å². The van der Waals surface area contributed by atoms with Gasteiger partial charge in [-0.3, -0.25) is 19.8 Å². The van der Waals surface area contributed by atoms with E-state index in [1.807, 2.05) is 31.3 Å². The van der Waals surface area contributed by atoms with Gasteiger partial charge in [0.2, 0.25) is 11.8 Å². The smallest absolute Gasteiger partial charge is 0.325 e. The summed E-state index contributed by atoms with van der Waals surface area (Å²) in [6, 6.07) is 7.32. The molecule has 0 aromatic heterocycles. The lowest BCUT2D eigenvalue weighted by atomic mass is 9.94. The van der Waals surface area contributed by atoms with Gasteiger partial charge in [0.25, 0.3) is 0 Å². The maximum Gasteiger partial charge on any atom is 0.325 e. The van der Waals surface area contributed by atoms with Crippen molar-refractivity contribution < 1.29 is 24.2 Å². The van der Waals surface area contributed by atoms with E-state index in [2.05, 4.69) is 10.2 Å². The van der Waals surface area contributed by atoms with Gasteiger partial charge in [-0.25, -0.2) is 4.79 Å². The predicted molar refractivity (Wildman–Crippen MR) is 110 cm³/mol. The van der Waals surface area contributed by atoms with Gasteiger partial charge in [0.05, 0.1) is 12.7 Å². The van der Waals surface area contributed by atoms with E-state index >= 15 is 0 Å². The van der Waals surface area contributed by atoms with Gasteiger partial charge < -0.3 is 19.6 Å². The lowest BCUT2D eigenvalue weighted by Crippen LogP contribution is -2.44. The average molecular weight is 418 g/mol. The molecule has 9 nitrogen and oxygen atoms in total. The van der Waals surface area contributed by atoms with Gasteiger partial charge in [0.15, 0.2) is 0 Å². The van der Waals surface area contributed by atoms with Crippen molar-refractivity contribution in [3.05, 3.63) is 29.8 Å². The largest absolute Gasteiger partial charge is 0.497 e. The van der Waals surface area contributed by atoms with Gasteiger partial charge in [-0.05, 0) is 44.0 Å². The first-order valence-electron chi connectivity index (χ1n) is 10.2. The first-order chi connectivity index (χ1) is 14.3. The quantitative estimate of drug-likeness (QED) is 0.623. The number of hydrogen-bond donors (Lipinski definition) is 2. The van der Waals surface area contributed by atoms with Crippen LogP contribution in [0, 0.1) is 0 Å². The molecule has 1 aromatic rings. The molecule has 0 bridgehead atoms. The van der Waals surface area contributed by atoms with Gasteiger partial charge in [0.1, 0.15) is 18.8 Å². The van der Waals surface area contributed by atoms with E-state index in [0.29, 0.717) is 45.4 Å². The van der Waals surface area contributed by atoms with Crippen LogP contribution in [0.2, 0.25) is 0 Å². The molecule has 0 unspecified atom stereocenters. The Labute approximate surface area is 176 Å². The van der Waals surface area contributed by atoms with E-state index in [1.54, 1.807) is 12.0 Å². The number of nitrogens with one attached hydrogen (secondary N) is 1. The Hall–Kier alpha value is -2.65. The van der Waals surface area contributed by atoms with Crippen LogP contribution in [0.25, 0.3) is 0 Å². The number of benzene rings is 1. The molecule has 0 spiro atoms. The number of likely N-dealkylation sites (tertiary alicyclic amines) is 1. The number of methoxy groups -OCH3 is 1. The van der Waals surface area contributed by atoms with Crippen LogP contribution in [0.4, 0.5) is 4.79 Å². The van der Waals surface area contributed by atoms with Crippen LogP contribution in [0.3, 0.4) is 0 Å². The zero-order valence-electron chi connectivity index (χ0n) is 17.6. The Bertz CT molecular complexity index is 784. The summed E-state index contributed by atoms with van der Waals surface area (Å²) in [6.45, 7) is 1.96. The lowest BCUT2D eigenvalue weighted by molar-refractivity contribution is -0.131. The average Bonchev–Trinajstić information content (AvgIpc) is 2.89. The van der Waals surface area contributed by atoms with Crippen LogP contribution in [0.5, 0.6) is 5.75 Å². The topological polar surface area (TPSA) is 102 Å². The van der Waals surface area contributed by atoms with Crippen LogP contribution in [-0.2, 0) is 16.1 Å². The van der Waals surface area contributed by atoms with Crippen LogP contribution < -0.4 is 10.1 Å². The Morgan fingerprint density at radius 3 is 2.60 bits per heavy atom. The monoisotopic (exact) mass is 418 g/mol. The van der Waals surface area contributed by atoms with Crippen LogP contribution in [0.1, 0.15) is 24.8 Å². The summed E-state index contributed by atoms with van der Waals surface area (Å²) in [5, 5.41) is 13.3. The minimum atomic E-state index is -0.878. The number of urea groups is 1. The second kappa shape index (κ2) is 9.44. The van der Waals surface area contributed by atoms with Crippen LogP contribution in [-0.4, -0.2) is 90.1 Å². The van der Waals surface area contributed by atoms with E-state index < -0.39 is 17.5 Å². The van der Waals surface area contributed by atoms with Gasteiger partial charge in [-0.15, -0.1) is 0 Å². The number of amides is 4. The van der Waals surface area contributed by atoms with Crippen molar-refractivity contribution in [2.45, 2.75) is 31.4 Å². The van der Waals surface area contributed by atoms with Crippen molar-refractivity contribution >= 4 is 17.8 Å². The lowest BCUT2D eigenvalue weighted by Gasteiger charge is -2.32. The van der Waals surface area contributed by atoms with Crippen molar-refractivity contribution in [3.63, 3.8) is 0 Å². The van der Waals surface area contributed by atoms with Crippen LogP contribution >= 0.6 is 0 Å². The van der Waals surface area contributed by atoms with Gasteiger partial charge in [0, 0.05) is 26.2 Å². The van der Waals surface area contributed by atoms with E-state index in [4.69, 9.17) is 4.74 Å². The summed E-state index contributed by atoms with van der Waals surface area (Å²) in [4.78, 5) is 40.5. The molecule has 164 valence electrons. The molecule has 1 aromatic carbocycles. The highest BCUT2D eigenvalue weighted by Gasteiger charge is 2.34. The molecule has 2 heterocycles. The minimum absolute atomic E-state index is 0.0848. The van der Waals surface area contributed by atoms with Gasteiger partial charge >= 0.3 is 6.03 Å². The highest BCUT2D eigenvalue weighted by Crippen LogP contribution is 2.24. The molecule has 0 saturated carbocycles. The zero-order valence-corrected chi connectivity index (χ0v) is 17.6. The Morgan fingerprint density at radius 2 is 1.97 bits per heavy atom. The van der Waals surface area contributed by atoms with E-state index in [0.717, 1.165) is 11.3 Å². The summed E-state index contributed by atoms with van der Waals surface area (Å²) < 4.78 is 5.18. The molecule has 1 atom stereocenters. The molecule has 2 aliphatic rings. The summed E-state index contributed by atoms with van der Waals surface area (Å²) in [5.74, 6) is 0.220. The van der Waals surface area contributed by atoms with E-state index in [1.165, 1.54) is 4.90 Å². The molecule has 2 aliphatic heterocycles. The third kappa shape index (κ3) is 5.70. The Morgan fingerprint density at radius 1 is 1.23 bits per heavy atom. The second-order valence-electron chi connectivity index (χ2n) is 8.19. The molecule has 2 fully saturated rings. The molecule has 2 saturated heterocycles. The third-order valence-electron chi connectivity index (χ3n) is 5.64. The highest BCUT2D eigenvalue weighted by atomic mass is 16.5. The van der Waals surface area contributed by atoms with E-state index in [-0.39, 0.29) is 19.0 Å². The summed E-state index contributed by atoms with van der Waals surface area (Å²) in [6.07, 6.45) is 1.76. The standard InChI is InChI=1S/C21H30N4O5/c1-23(12-16-4-6-17(30-2)7-5-16)15-21(29)8-3-10-24(11-9-21)19(27)14-25-13-18(26)22-20(25)28/h4-7,29H,3,8-15H2,1-2H3,(H,22,26,28)/t21-/m0/s1. The fraction of sp³-hybridized carbons (Fsp3) is 0.571. The summed E-state index contributed by atoms with van der Waals surface area (Å²) in [7, 11) is 3.61. The number of nitrogens with zero attached hydrogens (tertiary/aromatic N) is 3. The second-order valence-corrected chi connectivity index (χ2v) is 8.19. The molecular formula is C21H30N4O5. The minimum Gasteiger partial charge on any atom is -0.497 e. The summed E-state index contributed by atoms with van der Waals surface area (Å²) >= 11 is 0. The molecular weight excluding hydrogens is 388 g/mol. The number of imide groups is 1. The number of carbonyl (C=O) groups excluding carboxylic acids is 3. The van der Waals surface area contributed by atoms with Crippen molar-refractivity contribution in [1.82, 2.24) is 20.0 Å². The number of rotatable bonds is 7. The zero-order chi connectivity index (χ0) is 21.7. The molecule has 0 radical (unpaired) electrons. The number of aliphatic hydroxyl groups is 1. The Balaban J connectivity index is 1.50. The number of carbonyl (C=O) groups is 3. The number of ether oxygens (including phenoxy) is 1. The molecule has 0 aliphatic carbocycles. The third-order valence-corrected chi connectivity index (χ3v) is 5.64. The summed E-state index contributed by atoms with van der Waals surface area (Å²) in [5.41, 5.74) is 0.253. The molecule has 30 heavy (non-hydrogen) atoms. The van der Waals surface area contributed by atoms with Crippen molar-refractivity contribution in [3.8, 4) is 5.75 Å². The van der Waals surface area contributed by atoms with Crippen molar-refractivity contribution in [2.24, 2.45) is 0 Å². The first kappa shape index (κ1) is 22.0. The van der Waals surface area contributed by atoms with Crippen molar-refractivity contribution in [2.75, 3.05) is 46.9 Å². The van der Waals surface area contributed by atoms with E-state index in [9.17, 15) is 19.5 Å². The normalized spacial score (nSPS) is 22.3. The maximum absolute atomic E-state index is 12.6. The molecule has 2 N–H and O–H groups in total. The van der Waals surface area contributed by atoms with Gasteiger partial charge in [-0.1, -0.05) is 12.1 Å². The predicted octanol–water partition coefficient (Wildman–Crippen LogP) is 0.422.